The van der Waals surface area contributed by atoms with Gasteiger partial charge in [-0.1, -0.05) is 18.2 Å². The lowest BCUT2D eigenvalue weighted by atomic mass is 10.2. The van der Waals surface area contributed by atoms with Crippen molar-refractivity contribution in [2.45, 2.75) is 25.9 Å². The van der Waals surface area contributed by atoms with E-state index < -0.39 is 10.8 Å². The second-order valence-electron chi connectivity index (χ2n) is 4.71. The van der Waals surface area contributed by atoms with Gasteiger partial charge in [-0.3, -0.25) is 4.21 Å². The molecule has 2 atom stereocenters. The standard InChI is InChI=1S/C14H19N3O2S/c1-11(8-9-20(2)18)15-10-13-16-17-14(19-13)12-6-4-3-5-7-12/h3-7,11,15H,8-10H2,1-2H3. The van der Waals surface area contributed by atoms with Crippen molar-refractivity contribution in [1.29, 1.82) is 0 Å². The number of aromatic nitrogens is 2. The SMILES string of the molecule is CC(CCS(C)=O)NCc1nnc(-c2ccccc2)o1. The average Bonchev–Trinajstić information content (AvgIpc) is 2.93. The van der Waals surface area contributed by atoms with E-state index in [9.17, 15) is 4.21 Å². The van der Waals surface area contributed by atoms with Gasteiger partial charge in [0.15, 0.2) is 0 Å². The number of benzene rings is 1. The van der Waals surface area contributed by atoms with Crippen LogP contribution in [0.3, 0.4) is 0 Å². The quantitative estimate of drug-likeness (QED) is 0.845. The number of rotatable bonds is 7. The summed E-state index contributed by atoms with van der Waals surface area (Å²) in [6.07, 6.45) is 2.58. The van der Waals surface area contributed by atoms with Gasteiger partial charge in [0.05, 0.1) is 6.54 Å². The number of hydrogen-bond donors (Lipinski definition) is 1. The number of nitrogens with zero attached hydrogens (tertiary/aromatic N) is 2. The largest absolute Gasteiger partial charge is 0.419 e. The number of hydrogen-bond acceptors (Lipinski definition) is 5. The van der Waals surface area contributed by atoms with Gasteiger partial charge in [-0.15, -0.1) is 10.2 Å². The molecule has 2 unspecified atom stereocenters. The van der Waals surface area contributed by atoms with E-state index in [1.165, 1.54) is 0 Å². The molecule has 0 saturated heterocycles. The van der Waals surface area contributed by atoms with Crippen LogP contribution in [0.15, 0.2) is 34.7 Å². The Hall–Kier alpha value is -1.53. The lowest BCUT2D eigenvalue weighted by Gasteiger charge is -2.10. The van der Waals surface area contributed by atoms with E-state index >= 15 is 0 Å². The molecular weight excluding hydrogens is 274 g/mol. The van der Waals surface area contributed by atoms with Gasteiger partial charge in [0.2, 0.25) is 11.8 Å². The second-order valence-corrected chi connectivity index (χ2v) is 6.27. The third-order valence-corrected chi connectivity index (χ3v) is 3.74. The van der Waals surface area contributed by atoms with Crippen molar-refractivity contribution in [1.82, 2.24) is 15.5 Å². The smallest absolute Gasteiger partial charge is 0.247 e. The Morgan fingerprint density at radius 2 is 2.05 bits per heavy atom. The Balaban J connectivity index is 1.86. The summed E-state index contributed by atoms with van der Waals surface area (Å²) >= 11 is 0. The van der Waals surface area contributed by atoms with Crippen molar-refractivity contribution in [2.24, 2.45) is 0 Å². The molecule has 0 spiro atoms. The Morgan fingerprint density at radius 1 is 1.30 bits per heavy atom. The first kappa shape index (κ1) is 14.9. The Labute approximate surface area is 121 Å². The minimum Gasteiger partial charge on any atom is -0.419 e. The molecule has 0 aliphatic rings. The summed E-state index contributed by atoms with van der Waals surface area (Å²) < 4.78 is 16.6. The fourth-order valence-corrected chi connectivity index (χ4v) is 2.41. The van der Waals surface area contributed by atoms with Crippen LogP contribution in [0.2, 0.25) is 0 Å². The van der Waals surface area contributed by atoms with Gasteiger partial charge < -0.3 is 9.73 Å². The molecule has 0 radical (unpaired) electrons. The Kier molecular flexibility index (Phi) is 5.43. The van der Waals surface area contributed by atoms with Crippen LogP contribution >= 0.6 is 0 Å². The summed E-state index contributed by atoms with van der Waals surface area (Å²) in [6.45, 7) is 2.58. The molecule has 0 aliphatic carbocycles. The predicted octanol–water partition coefficient (Wildman–Crippen LogP) is 1.98. The maximum atomic E-state index is 11.0. The first-order valence-corrected chi connectivity index (χ1v) is 8.29. The maximum Gasteiger partial charge on any atom is 0.247 e. The van der Waals surface area contributed by atoms with E-state index in [2.05, 4.69) is 22.4 Å². The van der Waals surface area contributed by atoms with Crippen LogP contribution in [0, 0.1) is 0 Å². The molecule has 20 heavy (non-hydrogen) atoms. The Bertz CT molecular complexity index is 557. The van der Waals surface area contributed by atoms with Gasteiger partial charge in [0, 0.05) is 34.4 Å². The zero-order chi connectivity index (χ0) is 14.4. The van der Waals surface area contributed by atoms with E-state index in [-0.39, 0.29) is 6.04 Å². The van der Waals surface area contributed by atoms with Gasteiger partial charge in [-0.05, 0) is 25.5 Å². The van der Waals surface area contributed by atoms with Gasteiger partial charge >= 0.3 is 0 Å². The first-order chi connectivity index (χ1) is 9.65. The highest BCUT2D eigenvalue weighted by molar-refractivity contribution is 7.84. The van der Waals surface area contributed by atoms with Crippen LogP contribution in [0.5, 0.6) is 0 Å². The van der Waals surface area contributed by atoms with Crippen molar-refractivity contribution in [3.05, 3.63) is 36.2 Å². The summed E-state index contributed by atoms with van der Waals surface area (Å²) in [4.78, 5) is 0. The highest BCUT2D eigenvalue weighted by atomic mass is 32.2. The molecule has 2 aromatic rings. The third-order valence-electron chi connectivity index (χ3n) is 2.93. The molecule has 0 aliphatic heterocycles. The topological polar surface area (TPSA) is 68.0 Å². The second kappa shape index (κ2) is 7.31. The summed E-state index contributed by atoms with van der Waals surface area (Å²) in [7, 11) is -0.746. The highest BCUT2D eigenvalue weighted by Gasteiger charge is 2.09. The fourth-order valence-electron chi connectivity index (χ4n) is 1.73. The van der Waals surface area contributed by atoms with Gasteiger partial charge in [0.1, 0.15) is 0 Å². The zero-order valence-corrected chi connectivity index (χ0v) is 12.5. The van der Waals surface area contributed by atoms with Gasteiger partial charge in [0.25, 0.3) is 0 Å². The van der Waals surface area contributed by atoms with Crippen LogP contribution in [-0.2, 0) is 17.3 Å². The van der Waals surface area contributed by atoms with Crippen LogP contribution in [0.4, 0.5) is 0 Å². The molecular formula is C14H19N3O2S. The van der Waals surface area contributed by atoms with Gasteiger partial charge in [-0.25, -0.2) is 0 Å². The molecule has 5 nitrogen and oxygen atoms in total. The molecule has 1 N–H and O–H groups in total. The van der Waals surface area contributed by atoms with E-state index in [4.69, 9.17) is 4.42 Å². The lowest BCUT2D eigenvalue weighted by Crippen LogP contribution is -2.27. The molecule has 1 aromatic heterocycles. The van der Waals surface area contributed by atoms with Crippen molar-refractivity contribution < 1.29 is 8.63 Å². The highest BCUT2D eigenvalue weighted by Crippen LogP contribution is 2.16. The van der Waals surface area contributed by atoms with Crippen molar-refractivity contribution in [3.8, 4) is 11.5 Å². The van der Waals surface area contributed by atoms with Crippen LogP contribution in [0.25, 0.3) is 11.5 Å². The molecule has 0 saturated carbocycles. The molecule has 0 fully saturated rings. The number of nitrogens with one attached hydrogen (secondary N) is 1. The normalized spacial score (nSPS) is 14.1. The van der Waals surface area contributed by atoms with Crippen LogP contribution < -0.4 is 5.32 Å². The van der Waals surface area contributed by atoms with Gasteiger partial charge in [-0.2, -0.15) is 0 Å². The minimum atomic E-state index is -0.746. The summed E-state index contributed by atoms with van der Waals surface area (Å²) in [5.74, 6) is 1.80. The maximum absolute atomic E-state index is 11.0. The third kappa shape index (κ3) is 4.54. The van der Waals surface area contributed by atoms with E-state index in [1.54, 1.807) is 6.26 Å². The minimum absolute atomic E-state index is 0.269. The molecule has 1 aromatic carbocycles. The monoisotopic (exact) mass is 293 g/mol. The Morgan fingerprint density at radius 3 is 2.75 bits per heavy atom. The van der Waals surface area contributed by atoms with Crippen molar-refractivity contribution in [2.75, 3.05) is 12.0 Å². The van der Waals surface area contributed by atoms with Crippen molar-refractivity contribution in [3.63, 3.8) is 0 Å². The molecule has 0 amide bonds. The first-order valence-electron chi connectivity index (χ1n) is 6.56. The summed E-state index contributed by atoms with van der Waals surface area (Å²) in [5.41, 5.74) is 0.917. The molecule has 108 valence electrons. The van der Waals surface area contributed by atoms with E-state index in [0.717, 1.165) is 12.0 Å². The van der Waals surface area contributed by atoms with Crippen molar-refractivity contribution >= 4 is 10.8 Å². The average molecular weight is 293 g/mol. The van der Waals surface area contributed by atoms with Crippen LogP contribution in [0.1, 0.15) is 19.2 Å². The van der Waals surface area contributed by atoms with E-state index in [0.29, 0.717) is 24.1 Å². The predicted molar refractivity (Wildman–Crippen MR) is 79.6 cm³/mol. The van der Waals surface area contributed by atoms with Crippen LogP contribution in [-0.4, -0.2) is 32.5 Å². The molecule has 0 bridgehead atoms. The summed E-state index contributed by atoms with van der Waals surface area (Å²) in [5, 5.41) is 11.3. The molecule has 2 rings (SSSR count). The zero-order valence-electron chi connectivity index (χ0n) is 11.7. The fraction of sp³-hybridized carbons (Fsp3) is 0.429. The molecule has 6 heteroatoms. The molecule has 1 heterocycles. The lowest BCUT2D eigenvalue weighted by molar-refractivity contribution is 0.445. The van der Waals surface area contributed by atoms with E-state index in [1.807, 2.05) is 30.3 Å². The summed E-state index contributed by atoms with van der Waals surface area (Å²) in [6, 6.07) is 9.95.